The zero-order valence-electron chi connectivity index (χ0n) is 9.08. The largest absolute Gasteiger partial charge is 0.396 e. The highest BCUT2D eigenvalue weighted by Crippen LogP contribution is 2.08. The monoisotopic (exact) mass is 189 g/mol. The van der Waals surface area contributed by atoms with Gasteiger partial charge in [0.2, 0.25) is 0 Å². The van der Waals surface area contributed by atoms with Gasteiger partial charge in [-0.1, -0.05) is 6.92 Å². The molecule has 0 bridgehead atoms. The third-order valence-electron chi connectivity index (χ3n) is 2.12. The Labute approximate surface area is 81.4 Å². The van der Waals surface area contributed by atoms with Crippen molar-refractivity contribution < 1.29 is 10.2 Å². The predicted octanol–water partition coefficient (Wildman–Crippen LogP) is 0.852. The van der Waals surface area contributed by atoms with E-state index in [-0.39, 0.29) is 6.61 Å². The van der Waals surface area contributed by atoms with E-state index in [9.17, 15) is 5.11 Å². The van der Waals surface area contributed by atoms with Gasteiger partial charge in [0, 0.05) is 19.7 Å². The summed E-state index contributed by atoms with van der Waals surface area (Å²) in [6.07, 6.45) is 1.60. The van der Waals surface area contributed by atoms with E-state index >= 15 is 0 Å². The van der Waals surface area contributed by atoms with Crippen LogP contribution in [0.5, 0.6) is 0 Å². The Hall–Kier alpha value is -0.120. The molecule has 0 radical (unpaired) electrons. The molecule has 0 saturated heterocycles. The minimum atomic E-state index is -0.577. The molecular weight excluding hydrogens is 166 g/mol. The molecule has 80 valence electrons. The first kappa shape index (κ1) is 12.9. The van der Waals surface area contributed by atoms with Crippen molar-refractivity contribution in [1.29, 1.82) is 0 Å². The third kappa shape index (κ3) is 8.22. The van der Waals surface area contributed by atoms with Gasteiger partial charge in [-0.2, -0.15) is 0 Å². The van der Waals surface area contributed by atoms with Gasteiger partial charge in [0.15, 0.2) is 0 Å². The van der Waals surface area contributed by atoms with Gasteiger partial charge in [-0.25, -0.2) is 0 Å². The standard InChI is InChI=1S/C10H23NO2/c1-4-11(7-5-9-12)8-6-10(2,3)13/h12-13H,4-9H2,1-3H3. The van der Waals surface area contributed by atoms with Crippen LogP contribution in [0.25, 0.3) is 0 Å². The molecule has 0 heterocycles. The zero-order chi connectivity index (χ0) is 10.3. The summed E-state index contributed by atoms with van der Waals surface area (Å²) in [5, 5.41) is 18.2. The molecule has 0 rings (SSSR count). The molecule has 0 spiro atoms. The molecular formula is C10H23NO2. The summed E-state index contributed by atoms with van der Waals surface area (Å²) in [6.45, 7) is 8.81. The van der Waals surface area contributed by atoms with E-state index < -0.39 is 5.60 Å². The van der Waals surface area contributed by atoms with E-state index in [1.807, 2.05) is 13.8 Å². The summed E-state index contributed by atoms with van der Waals surface area (Å²) in [6, 6.07) is 0. The summed E-state index contributed by atoms with van der Waals surface area (Å²) in [5.74, 6) is 0. The molecule has 13 heavy (non-hydrogen) atoms. The Balaban J connectivity index is 3.59. The quantitative estimate of drug-likeness (QED) is 0.624. The fourth-order valence-electron chi connectivity index (χ4n) is 1.15. The lowest BCUT2D eigenvalue weighted by molar-refractivity contribution is 0.0575. The van der Waals surface area contributed by atoms with Crippen LogP contribution < -0.4 is 0 Å². The SMILES string of the molecule is CCN(CCCO)CCC(C)(C)O. The second-order valence-electron chi connectivity index (χ2n) is 4.07. The Kier molecular flexibility index (Phi) is 6.29. The van der Waals surface area contributed by atoms with Crippen molar-refractivity contribution in [1.82, 2.24) is 4.90 Å². The van der Waals surface area contributed by atoms with E-state index in [2.05, 4.69) is 11.8 Å². The lowest BCUT2D eigenvalue weighted by Gasteiger charge is -2.24. The Morgan fingerprint density at radius 1 is 1.23 bits per heavy atom. The van der Waals surface area contributed by atoms with Gasteiger partial charge in [0.1, 0.15) is 0 Å². The highest BCUT2D eigenvalue weighted by Gasteiger charge is 2.13. The fourth-order valence-corrected chi connectivity index (χ4v) is 1.15. The molecule has 0 amide bonds. The van der Waals surface area contributed by atoms with Crippen molar-refractivity contribution in [2.45, 2.75) is 39.2 Å². The zero-order valence-corrected chi connectivity index (χ0v) is 9.08. The highest BCUT2D eigenvalue weighted by atomic mass is 16.3. The van der Waals surface area contributed by atoms with Gasteiger partial charge in [-0.3, -0.25) is 0 Å². The van der Waals surface area contributed by atoms with Crippen LogP contribution in [0.1, 0.15) is 33.6 Å². The van der Waals surface area contributed by atoms with Crippen molar-refractivity contribution in [3.63, 3.8) is 0 Å². The van der Waals surface area contributed by atoms with Crippen LogP contribution in [0.4, 0.5) is 0 Å². The molecule has 0 unspecified atom stereocenters. The fraction of sp³-hybridized carbons (Fsp3) is 1.00. The molecule has 3 heteroatoms. The van der Waals surface area contributed by atoms with Gasteiger partial charge in [-0.05, 0) is 33.2 Å². The molecule has 0 aliphatic carbocycles. The minimum Gasteiger partial charge on any atom is -0.396 e. The summed E-state index contributed by atoms with van der Waals surface area (Å²) >= 11 is 0. The first-order valence-electron chi connectivity index (χ1n) is 5.05. The van der Waals surface area contributed by atoms with Crippen molar-refractivity contribution in [3.8, 4) is 0 Å². The predicted molar refractivity (Wildman–Crippen MR) is 54.7 cm³/mol. The average molecular weight is 189 g/mol. The normalized spacial score (nSPS) is 12.5. The maximum Gasteiger partial charge on any atom is 0.0603 e. The second-order valence-corrected chi connectivity index (χ2v) is 4.07. The molecule has 0 aromatic carbocycles. The van der Waals surface area contributed by atoms with Gasteiger partial charge < -0.3 is 15.1 Å². The minimum absolute atomic E-state index is 0.249. The van der Waals surface area contributed by atoms with Gasteiger partial charge in [0.25, 0.3) is 0 Å². The smallest absolute Gasteiger partial charge is 0.0603 e. The van der Waals surface area contributed by atoms with Crippen LogP contribution in [-0.4, -0.2) is 47.0 Å². The number of nitrogens with zero attached hydrogens (tertiary/aromatic N) is 1. The van der Waals surface area contributed by atoms with E-state index in [1.165, 1.54) is 0 Å². The topological polar surface area (TPSA) is 43.7 Å². The number of aliphatic hydroxyl groups excluding tert-OH is 1. The number of aliphatic hydroxyl groups is 2. The molecule has 0 aromatic heterocycles. The van der Waals surface area contributed by atoms with Crippen molar-refractivity contribution in [3.05, 3.63) is 0 Å². The summed E-state index contributed by atoms with van der Waals surface area (Å²) in [7, 11) is 0. The third-order valence-corrected chi connectivity index (χ3v) is 2.12. The molecule has 0 saturated carbocycles. The van der Waals surface area contributed by atoms with Crippen molar-refractivity contribution >= 4 is 0 Å². The molecule has 3 nitrogen and oxygen atoms in total. The van der Waals surface area contributed by atoms with Crippen LogP contribution >= 0.6 is 0 Å². The summed E-state index contributed by atoms with van der Waals surface area (Å²) < 4.78 is 0. The number of hydrogen-bond donors (Lipinski definition) is 2. The van der Waals surface area contributed by atoms with Crippen LogP contribution in [0.15, 0.2) is 0 Å². The van der Waals surface area contributed by atoms with E-state index in [0.717, 1.165) is 32.5 Å². The Morgan fingerprint density at radius 3 is 2.23 bits per heavy atom. The maximum absolute atomic E-state index is 9.51. The van der Waals surface area contributed by atoms with Gasteiger partial charge in [0.05, 0.1) is 5.60 Å². The van der Waals surface area contributed by atoms with Crippen molar-refractivity contribution in [2.24, 2.45) is 0 Å². The molecule has 0 atom stereocenters. The first-order chi connectivity index (χ1) is 5.99. The Morgan fingerprint density at radius 2 is 1.85 bits per heavy atom. The van der Waals surface area contributed by atoms with Crippen molar-refractivity contribution in [2.75, 3.05) is 26.2 Å². The van der Waals surface area contributed by atoms with Crippen LogP contribution in [-0.2, 0) is 0 Å². The lowest BCUT2D eigenvalue weighted by Crippen LogP contribution is -2.31. The highest BCUT2D eigenvalue weighted by molar-refractivity contribution is 4.68. The molecule has 2 N–H and O–H groups in total. The first-order valence-corrected chi connectivity index (χ1v) is 5.05. The number of rotatable bonds is 7. The Bertz CT molecular complexity index is 121. The maximum atomic E-state index is 9.51. The molecule has 0 aliphatic rings. The van der Waals surface area contributed by atoms with E-state index in [0.29, 0.717) is 0 Å². The molecule has 0 aliphatic heterocycles. The van der Waals surface area contributed by atoms with E-state index in [4.69, 9.17) is 5.11 Å². The number of hydrogen-bond acceptors (Lipinski definition) is 3. The van der Waals surface area contributed by atoms with Crippen LogP contribution in [0, 0.1) is 0 Å². The lowest BCUT2D eigenvalue weighted by atomic mass is 10.1. The second kappa shape index (κ2) is 6.35. The van der Waals surface area contributed by atoms with Gasteiger partial charge in [-0.15, -0.1) is 0 Å². The van der Waals surface area contributed by atoms with E-state index in [1.54, 1.807) is 0 Å². The summed E-state index contributed by atoms with van der Waals surface area (Å²) in [4.78, 5) is 2.24. The average Bonchev–Trinajstić information content (AvgIpc) is 2.03. The van der Waals surface area contributed by atoms with Gasteiger partial charge >= 0.3 is 0 Å². The van der Waals surface area contributed by atoms with Crippen LogP contribution in [0.2, 0.25) is 0 Å². The van der Waals surface area contributed by atoms with Crippen LogP contribution in [0.3, 0.4) is 0 Å². The molecule has 0 fully saturated rings. The molecule has 0 aromatic rings. The summed E-state index contributed by atoms with van der Waals surface area (Å²) in [5.41, 5.74) is -0.577.